The second-order valence-corrected chi connectivity index (χ2v) is 3.99. The van der Waals surface area contributed by atoms with Crippen molar-refractivity contribution >= 4 is 33.3 Å². The summed E-state index contributed by atoms with van der Waals surface area (Å²) >= 11 is 1.23. The van der Waals surface area contributed by atoms with Crippen LogP contribution in [-0.2, 0) is 16.0 Å². The van der Waals surface area contributed by atoms with Crippen LogP contribution in [0, 0.1) is 10.1 Å². The predicted octanol–water partition coefficient (Wildman–Crippen LogP) is 1.31. The number of ether oxygens (including phenoxy) is 1. The Bertz CT molecular complexity index is 595. The fourth-order valence-electron chi connectivity index (χ4n) is 1.41. The van der Waals surface area contributed by atoms with Crippen molar-refractivity contribution in [2.75, 3.05) is 7.11 Å². The monoisotopic (exact) mass is 253 g/mol. The van der Waals surface area contributed by atoms with Gasteiger partial charge in [0.2, 0.25) is 0 Å². The van der Waals surface area contributed by atoms with Gasteiger partial charge < -0.3 is 14.9 Å². The Kier molecular flexibility index (Phi) is 2.96. The summed E-state index contributed by atoms with van der Waals surface area (Å²) in [5.41, 5.74) is 2.35. The predicted molar refractivity (Wildman–Crippen MR) is 59.8 cm³/mol. The van der Waals surface area contributed by atoms with Crippen LogP contribution in [0.3, 0.4) is 0 Å². The molecule has 0 amide bonds. The number of hydrogen-bond donors (Lipinski definition) is 0. The summed E-state index contributed by atoms with van der Waals surface area (Å²) in [6.07, 6.45) is 1.14. The van der Waals surface area contributed by atoms with E-state index in [4.69, 9.17) is 0 Å². The number of methoxy groups -OCH3 is 1. The molecule has 8 heteroatoms. The van der Waals surface area contributed by atoms with Crippen molar-refractivity contribution in [3.63, 3.8) is 0 Å². The SMILES string of the molecule is COC(=O)Cc1c([N+](=O)[O-])ncc2ncsc12. The Morgan fingerprint density at radius 3 is 3.00 bits per heavy atom. The highest BCUT2D eigenvalue weighted by Gasteiger charge is 2.23. The number of aromatic nitrogens is 2. The van der Waals surface area contributed by atoms with E-state index in [2.05, 4.69) is 14.7 Å². The van der Waals surface area contributed by atoms with Gasteiger partial charge in [-0.3, -0.25) is 4.79 Å². The van der Waals surface area contributed by atoms with E-state index < -0.39 is 10.9 Å². The van der Waals surface area contributed by atoms with Crippen molar-refractivity contribution in [3.8, 4) is 0 Å². The molecular formula is C9H7N3O4S. The van der Waals surface area contributed by atoms with E-state index in [1.165, 1.54) is 24.6 Å². The van der Waals surface area contributed by atoms with Crippen LogP contribution in [-0.4, -0.2) is 28.0 Å². The number of carbonyl (C=O) groups is 1. The molecule has 0 N–H and O–H groups in total. The van der Waals surface area contributed by atoms with Crippen molar-refractivity contribution in [1.29, 1.82) is 0 Å². The zero-order valence-electron chi connectivity index (χ0n) is 8.74. The van der Waals surface area contributed by atoms with Crippen LogP contribution in [0.15, 0.2) is 11.7 Å². The standard InChI is InChI=1S/C9H7N3O4S/c1-16-7(13)2-5-8-6(11-4-17-8)3-10-9(5)12(14)15/h3-4H,2H2,1H3. The molecule has 0 aliphatic rings. The van der Waals surface area contributed by atoms with Gasteiger partial charge in [-0.2, -0.15) is 0 Å². The Hall–Kier alpha value is -2.09. The minimum Gasteiger partial charge on any atom is -0.469 e. The quantitative estimate of drug-likeness (QED) is 0.465. The number of carbonyl (C=O) groups excluding carboxylic acids is 1. The van der Waals surface area contributed by atoms with Gasteiger partial charge in [-0.1, -0.05) is 0 Å². The van der Waals surface area contributed by atoms with Gasteiger partial charge in [-0.05, 0) is 9.91 Å². The molecule has 0 aliphatic carbocycles. The van der Waals surface area contributed by atoms with E-state index in [-0.39, 0.29) is 17.8 Å². The summed E-state index contributed by atoms with van der Waals surface area (Å²) in [6.45, 7) is 0. The number of fused-ring (bicyclic) bond motifs is 1. The van der Waals surface area contributed by atoms with Crippen molar-refractivity contribution in [2.24, 2.45) is 0 Å². The Balaban J connectivity index is 2.60. The zero-order valence-corrected chi connectivity index (χ0v) is 9.56. The van der Waals surface area contributed by atoms with E-state index in [1.54, 1.807) is 5.51 Å². The van der Waals surface area contributed by atoms with Gasteiger partial charge >= 0.3 is 11.8 Å². The van der Waals surface area contributed by atoms with Gasteiger partial charge in [0.05, 0.1) is 29.3 Å². The number of thiazole rings is 1. The molecule has 0 unspecified atom stereocenters. The molecule has 0 radical (unpaired) electrons. The molecule has 0 saturated carbocycles. The highest BCUT2D eigenvalue weighted by molar-refractivity contribution is 7.17. The molecule has 0 bridgehead atoms. The molecule has 0 aliphatic heterocycles. The lowest BCUT2D eigenvalue weighted by Gasteiger charge is -2.02. The topological polar surface area (TPSA) is 95.2 Å². The molecule has 2 aromatic rings. The van der Waals surface area contributed by atoms with Crippen LogP contribution in [0.4, 0.5) is 5.82 Å². The normalized spacial score (nSPS) is 10.4. The van der Waals surface area contributed by atoms with Gasteiger partial charge in [-0.25, -0.2) is 4.98 Å². The number of rotatable bonds is 3. The summed E-state index contributed by atoms with van der Waals surface area (Å²) in [5, 5.41) is 10.8. The van der Waals surface area contributed by atoms with Gasteiger partial charge in [0.25, 0.3) is 0 Å². The maximum absolute atomic E-state index is 11.2. The van der Waals surface area contributed by atoms with Crippen LogP contribution in [0.25, 0.3) is 10.2 Å². The summed E-state index contributed by atoms with van der Waals surface area (Å²) in [5.74, 6) is -0.872. The van der Waals surface area contributed by atoms with E-state index in [0.717, 1.165) is 0 Å². The molecule has 2 heterocycles. The zero-order chi connectivity index (χ0) is 12.4. The first kappa shape index (κ1) is 11.4. The van der Waals surface area contributed by atoms with Crippen molar-refractivity contribution < 1.29 is 14.5 Å². The van der Waals surface area contributed by atoms with Gasteiger partial charge in [0.15, 0.2) is 6.20 Å². The molecule has 2 aromatic heterocycles. The number of pyridine rings is 1. The van der Waals surface area contributed by atoms with Gasteiger partial charge in [0, 0.05) is 0 Å². The third-order valence-corrected chi connectivity index (χ3v) is 3.07. The molecule has 0 fully saturated rings. The average Bonchev–Trinajstić information content (AvgIpc) is 2.77. The van der Waals surface area contributed by atoms with E-state index >= 15 is 0 Å². The second kappa shape index (κ2) is 4.42. The summed E-state index contributed by atoms with van der Waals surface area (Å²) in [4.78, 5) is 29.1. The largest absolute Gasteiger partial charge is 0.469 e. The van der Waals surface area contributed by atoms with E-state index in [0.29, 0.717) is 10.2 Å². The molecule has 0 spiro atoms. The third-order valence-electron chi connectivity index (χ3n) is 2.17. The Labute approximate surface area is 99.2 Å². The highest BCUT2D eigenvalue weighted by atomic mass is 32.1. The maximum atomic E-state index is 11.2. The van der Waals surface area contributed by atoms with E-state index in [9.17, 15) is 14.9 Å². The molecular weight excluding hydrogens is 246 g/mol. The molecule has 2 rings (SSSR count). The molecule has 0 aromatic carbocycles. The lowest BCUT2D eigenvalue weighted by Crippen LogP contribution is -2.08. The Morgan fingerprint density at radius 1 is 1.59 bits per heavy atom. The van der Waals surface area contributed by atoms with Crippen LogP contribution in [0.1, 0.15) is 5.56 Å². The van der Waals surface area contributed by atoms with E-state index in [1.807, 2.05) is 0 Å². The summed E-state index contributed by atoms with van der Waals surface area (Å²) < 4.78 is 5.10. The minimum atomic E-state index is -0.614. The molecule has 88 valence electrons. The van der Waals surface area contributed by atoms with Crippen molar-refractivity contribution in [1.82, 2.24) is 9.97 Å². The average molecular weight is 253 g/mol. The summed E-state index contributed by atoms with van der Waals surface area (Å²) in [7, 11) is 1.23. The fourth-order valence-corrected chi connectivity index (χ4v) is 2.21. The summed E-state index contributed by atoms with van der Waals surface area (Å²) in [6, 6.07) is 0. The van der Waals surface area contributed by atoms with Crippen molar-refractivity contribution in [3.05, 3.63) is 27.4 Å². The number of esters is 1. The minimum absolute atomic E-state index is 0.181. The molecule has 17 heavy (non-hydrogen) atoms. The number of hydrogen-bond acceptors (Lipinski definition) is 7. The Morgan fingerprint density at radius 2 is 2.35 bits per heavy atom. The first-order valence-electron chi connectivity index (χ1n) is 4.55. The molecule has 0 saturated heterocycles. The first-order valence-corrected chi connectivity index (χ1v) is 5.43. The third kappa shape index (κ3) is 2.07. The van der Waals surface area contributed by atoms with Gasteiger partial charge in [0.1, 0.15) is 5.52 Å². The smallest absolute Gasteiger partial charge is 0.368 e. The van der Waals surface area contributed by atoms with Crippen LogP contribution in [0.5, 0.6) is 0 Å². The fraction of sp³-hybridized carbons (Fsp3) is 0.222. The molecule has 7 nitrogen and oxygen atoms in total. The number of nitrogens with zero attached hydrogens (tertiary/aromatic N) is 3. The lowest BCUT2D eigenvalue weighted by molar-refractivity contribution is -0.390. The number of nitro groups is 1. The van der Waals surface area contributed by atoms with Crippen LogP contribution >= 0.6 is 11.3 Å². The maximum Gasteiger partial charge on any atom is 0.368 e. The van der Waals surface area contributed by atoms with Gasteiger partial charge in [-0.15, -0.1) is 11.3 Å². The van der Waals surface area contributed by atoms with Crippen LogP contribution in [0.2, 0.25) is 0 Å². The second-order valence-electron chi connectivity index (χ2n) is 3.14. The molecule has 0 atom stereocenters. The highest BCUT2D eigenvalue weighted by Crippen LogP contribution is 2.28. The van der Waals surface area contributed by atoms with Crippen molar-refractivity contribution in [2.45, 2.75) is 6.42 Å². The first-order chi connectivity index (χ1) is 8.13. The lowest BCUT2D eigenvalue weighted by atomic mass is 10.2. The van der Waals surface area contributed by atoms with Crippen LogP contribution < -0.4 is 0 Å².